The molecule has 3 aromatic carbocycles. The van der Waals surface area contributed by atoms with Gasteiger partial charge in [-0.15, -0.1) is 0 Å². The van der Waals surface area contributed by atoms with Gasteiger partial charge in [-0.05, 0) is 54.3 Å². The Hall–Kier alpha value is -4.07. The van der Waals surface area contributed by atoms with E-state index in [9.17, 15) is 14.4 Å². The molecule has 2 heterocycles. The highest BCUT2D eigenvalue weighted by molar-refractivity contribution is 6.10. The Morgan fingerprint density at radius 1 is 0.971 bits per heavy atom. The summed E-state index contributed by atoms with van der Waals surface area (Å²) in [6.45, 7) is 1.26. The van der Waals surface area contributed by atoms with Gasteiger partial charge in [0, 0.05) is 24.6 Å². The number of rotatable bonds is 4. The molecule has 1 atom stereocenters. The molecule has 3 aromatic rings. The SMILES string of the molecule is CC1(c2ccc3ccccc3c2)NC(=O)N(CC(=O)Nc2ccc3c(c2)OC2(CCCC2)O3)C1=O. The van der Waals surface area contributed by atoms with Crippen LogP contribution in [0, 0.1) is 0 Å². The predicted octanol–water partition coefficient (Wildman–Crippen LogP) is 4.29. The van der Waals surface area contributed by atoms with Gasteiger partial charge in [0.05, 0.1) is 0 Å². The number of imide groups is 1. The molecule has 0 aromatic heterocycles. The van der Waals surface area contributed by atoms with E-state index in [0.29, 0.717) is 22.7 Å². The van der Waals surface area contributed by atoms with E-state index in [0.717, 1.165) is 41.4 Å². The van der Waals surface area contributed by atoms with Gasteiger partial charge in [0.25, 0.3) is 11.7 Å². The molecule has 8 nitrogen and oxygen atoms in total. The molecule has 2 aliphatic heterocycles. The molecule has 0 bridgehead atoms. The minimum Gasteiger partial charge on any atom is -0.448 e. The van der Waals surface area contributed by atoms with Gasteiger partial charge < -0.3 is 20.1 Å². The van der Waals surface area contributed by atoms with Crippen molar-refractivity contribution in [3.63, 3.8) is 0 Å². The van der Waals surface area contributed by atoms with Crippen LogP contribution in [0.25, 0.3) is 10.8 Å². The van der Waals surface area contributed by atoms with Crippen LogP contribution >= 0.6 is 0 Å². The summed E-state index contributed by atoms with van der Waals surface area (Å²) in [6, 6.07) is 18.0. The van der Waals surface area contributed by atoms with Gasteiger partial charge in [0.2, 0.25) is 5.91 Å². The average Bonchev–Trinajstić information content (AvgIpc) is 3.51. The lowest BCUT2D eigenvalue weighted by Gasteiger charge is -2.22. The van der Waals surface area contributed by atoms with Crippen molar-refractivity contribution >= 4 is 34.3 Å². The second-order valence-electron chi connectivity index (χ2n) is 9.54. The molecule has 1 aliphatic carbocycles. The summed E-state index contributed by atoms with van der Waals surface area (Å²) in [4.78, 5) is 39.7. The summed E-state index contributed by atoms with van der Waals surface area (Å²) in [5.41, 5.74) is -0.0822. The van der Waals surface area contributed by atoms with Gasteiger partial charge in [-0.2, -0.15) is 0 Å². The molecule has 35 heavy (non-hydrogen) atoms. The maximum atomic E-state index is 13.3. The number of anilines is 1. The molecule has 1 saturated carbocycles. The van der Waals surface area contributed by atoms with Gasteiger partial charge in [0.1, 0.15) is 12.1 Å². The Bertz CT molecular complexity index is 1380. The zero-order valence-corrected chi connectivity index (χ0v) is 19.3. The maximum Gasteiger partial charge on any atom is 0.325 e. The van der Waals surface area contributed by atoms with Gasteiger partial charge in [0.15, 0.2) is 11.5 Å². The smallest absolute Gasteiger partial charge is 0.325 e. The Kier molecular flexibility index (Phi) is 4.74. The second-order valence-corrected chi connectivity index (χ2v) is 9.54. The standard InChI is InChI=1S/C27H25N3O5/c1-26(19-9-8-17-6-2-3-7-18(17)14-19)24(32)30(25(33)29-26)16-23(31)28-20-10-11-21-22(15-20)35-27(34-21)12-4-5-13-27/h2-3,6-11,14-15H,4-5,12-13,16H2,1H3,(H,28,31)(H,29,33). The first-order valence-electron chi connectivity index (χ1n) is 11.8. The third-order valence-corrected chi connectivity index (χ3v) is 7.09. The van der Waals surface area contributed by atoms with Crippen molar-refractivity contribution in [2.24, 2.45) is 0 Å². The van der Waals surface area contributed by atoms with Crippen LogP contribution in [0.2, 0.25) is 0 Å². The van der Waals surface area contributed by atoms with E-state index < -0.39 is 35.7 Å². The topological polar surface area (TPSA) is 97.0 Å². The summed E-state index contributed by atoms with van der Waals surface area (Å²) in [7, 11) is 0. The Morgan fingerprint density at radius 3 is 2.51 bits per heavy atom. The molecule has 4 amide bonds. The number of ether oxygens (including phenoxy) is 2. The summed E-state index contributed by atoms with van der Waals surface area (Å²) >= 11 is 0. The molecule has 1 spiro atoms. The van der Waals surface area contributed by atoms with Crippen molar-refractivity contribution in [1.29, 1.82) is 0 Å². The van der Waals surface area contributed by atoms with Crippen molar-refractivity contribution in [2.45, 2.75) is 43.9 Å². The summed E-state index contributed by atoms with van der Waals surface area (Å²) in [5.74, 6) is -0.292. The number of nitrogens with one attached hydrogen (secondary N) is 2. The normalized spacial score (nSPS) is 22.1. The number of urea groups is 1. The monoisotopic (exact) mass is 471 g/mol. The first-order valence-corrected chi connectivity index (χ1v) is 11.8. The summed E-state index contributed by atoms with van der Waals surface area (Å²) in [6.07, 6.45) is 3.79. The Morgan fingerprint density at radius 2 is 1.71 bits per heavy atom. The number of nitrogens with zero attached hydrogens (tertiary/aromatic N) is 1. The highest BCUT2D eigenvalue weighted by Crippen LogP contribution is 2.47. The molecular weight excluding hydrogens is 446 g/mol. The molecule has 1 unspecified atom stereocenters. The van der Waals surface area contributed by atoms with E-state index in [1.165, 1.54) is 0 Å². The van der Waals surface area contributed by atoms with Crippen molar-refractivity contribution in [3.05, 3.63) is 66.2 Å². The lowest BCUT2D eigenvalue weighted by atomic mass is 9.90. The van der Waals surface area contributed by atoms with Crippen LogP contribution in [0.1, 0.15) is 38.2 Å². The van der Waals surface area contributed by atoms with Crippen LogP contribution in [-0.2, 0) is 15.1 Å². The van der Waals surface area contributed by atoms with Crippen LogP contribution in [0.4, 0.5) is 10.5 Å². The van der Waals surface area contributed by atoms with E-state index in [2.05, 4.69) is 10.6 Å². The molecule has 8 heteroatoms. The van der Waals surface area contributed by atoms with Gasteiger partial charge in [-0.1, -0.05) is 36.4 Å². The quantitative estimate of drug-likeness (QED) is 0.554. The summed E-state index contributed by atoms with van der Waals surface area (Å²) in [5, 5.41) is 7.53. The fourth-order valence-electron chi connectivity index (χ4n) is 5.17. The number of fused-ring (bicyclic) bond motifs is 2. The zero-order valence-electron chi connectivity index (χ0n) is 19.3. The molecule has 2 N–H and O–H groups in total. The van der Waals surface area contributed by atoms with Crippen LogP contribution in [0.15, 0.2) is 60.7 Å². The number of hydrogen-bond acceptors (Lipinski definition) is 5. The van der Waals surface area contributed by atoms with Crippen LogP contribution in [-0.4, -0.2) is 35.1 Å². The van der Waals surface area contributed by atoms with Gasteiger partial charge in [-0.25, -0.2) is 4.79 Å². The Balaban J connectivity index is 1.16. The van der Waals surface area contributed by atoms with Crippen molar-refractivity contribution < 1.29 is 23.9 Å². The van der Waals surface area contributed by atoms with E-state index in [4.69, 9.17) is 9.47 Å². The van der Waals surface area contributed by atoms with Crippen LogP contribution in [0.3, 0.4) is 0 Å². The molecule has 0 radical (unpaired) electrons. The van der Waals surface area contributed by atoms with Crippen molar-refractivity contribution in [1.82, 2.24) is 10.2 Å². The van der Waals surface area contributed by atoms with E-state index in [1.807, 2.05) is 42.5 Å². The van der Waals surface area contributed by atoms with E-state index >= 15 is 0 Å². The zero-order chi connectivity index (χ0) is 24.2. The van der Waals surface area contributed by atoms with Crippen LogP contribution < -0.4 is 20.1 Å². The minimum absolute atomic E-state index is 0.397. The molecular formula is C27H25N3O5. The molecule has 3 aliphatic rings. The van der Waals surface area contributed by atoms with Gasteiger partial charge >= 0.3 is 6.03 Å². The number of hydrogen-bond donors (Lipinski definition) is 2. The molecule has 1 saturated heterocycles. The van der Waals surface area contributed by atoms with Crippen molar-refractivity contribution in [3.8, 4) is 11.5 Å². The fraction of sp³-hybridized carbons (Fsp3) is 0.296. The lowest BCUT2D eigenvalue weighted by Crippen LogP contribution is -2.42. The number of carbonyl (C=O) groups is 3. The average molecular weight is 472 g/mol. The summed E-state index contributed by atoms with van der Waals surface area (Å²) < 4.78 is 12.1. The van der Waals surface area contributed by atoms with Crippen LogP contribution in [0.5, 0.6) is 11.5 Å². The third kappa shape index (κ3) is 3.56. The molecule has 6 rings (SSSR count). The largest absolute Gasteiger partial charge is 0.448 e. The second kappa shape index (κ2) is 7.73. The van der Waals surface area contributed by atoms with Crippen molar-refractivity contribution in [2.75, 3.05) is 11.9 Å². The lowest BCUT2D eigenvalue weighted by molar-refractivity contribution is -0.133. The predicted molar refractivity (Wildman–Crippen MR) is 129 cm³/mol. The highest BCUT2D eigenvalue weighted by Gasteiger charge is 2.49. The van der Waals surface area contributed by atoms with E-state index in [1.54, 1.807) is 25.1 Å². The molecule has 2 fully saturated rings. The first-order chi connectivity index (χ1) is 16.9. The first kappa shape index (κ1) is 21.5. The Labute approximate surface area is 202 Å². The number of amides is 4. The fourth-order valence-corrected chi connectivity index (χ4v) is 5.17. The van der Waals surface area contributed by atoms with E-state index in [-0.39, 0.29) is 0 Å². The number of carbonyl (C=O) groups excluding carboxylic acids is 3. The highest BCUT2D eigenvalue weighted by atomic mass is 16.7. The van der Waals surface area contributed by atoms with Gasteiger partial charge in [-0.3, -0.25) is 14.5 Å². The number of benzene rings is 3. The molecule has 178 valence electrons. The third-order valence-electron chi connectivity index (χ3n) is 7.09. The minimum atomic E-state index is -1.25. The maximum absolute atomic E-state index is 13.3.